The Hall–Kier alpha value is -1.95. The molecule has 18 heavy (non-hydrogen) atoms. The number of rotatable bonds is 1. The lowest BCUT2D eigenvalue weighted by Gasteiger charge is -2.04. The normalized spacial score (nSPS) is 15.7. The zero-order chi connectivity index (χ0) is 12.8. The van der Waals surface area contributed by atoms with E-state index in [9.17, 15) is 8.78 Å². The van der Waals surface area contributed by atoms with E-state index in [4.69, 9.17) is 11.6 Å². The SMILES string of the molecule is FC1(F)Oc2cc(Cl)c(-c3cnccn3)cc2O1. The second-order valence-electron chi connectivity index (χ2n) is 3.54. The smallest absolute Gasteiger partial charge is 0.395 e. The first kappa shape index (κ1) is 11.2. The number of ether oxygens (including phenoxy) is 2. The summed E-state index contributed by atoms with van der Waals surface area (Å²) in [6.45, 7) is 0. The fourth-order valence-electron chi connectivity index (χ4n) is 1.61. The molecule has 0 N–H and O–H groups in total. The summed E-state index contributed by atoms with van der Waals surface area (Å²) in [5, 5.41) is 0.232. The Morgan fingerprint density at radius 2 is 1.83 bits per heavy atom. The lowest BCUT2D eigenvalue weighted by molar-refractivity contribution is -0.286. The third-order valence-electron chi connectivity index (χ3n) is 2.33. The monoisotopic (exact) mass is 270 g/mol. The van der Waals surface area contributed by atoms with Crippen molar-refractivity contribution in [3.63, 3.8) is 0 Å². The Kier molecular flexibility index (Phi) is 2.34. The number of fused-ring (bicyclic) bond motifs is 1. The van der Waals surface area contributed by atoms with E-state index in [0.717, 1.165) is 0 Å². The van der Waals surface area contributed by atoms with Crippen molar-refractivity contribution in [2.75, 3.05) is 0 Å². The van der Waals surface area contributed by atoms with E-state index in [1.54, 1.807) is 0 Å². The van der Waals surface area contributed by atoms with Gasteiger partial charge in [-0.3, -0.25) is 9.97 Å². The van der Waals surface area contributed by atoms with Crippen molar-refractivity contribution in [1.29, 1.82) is 0 Å². The Balaban J connectivity index is 2.10. The van der Waals surface area contributed by atoms with Gasteiger partial charge in [-0.05, 0) is 6.07 Å². The first-order chi connectivity index (χ1) is 8.55. The van der Waals surface area contributed by atoms with Crippen molar-refractivity contribution in [3.8, 4) is 22.8 Å². The molecule has 0 fully saturated rings. The summed E-state index contributed by atoms with van der Waals surface area (Å²) in [7, 11) is 0. The minimum Gasteiger partial charge on any atom is -0.395 e. The van der Waals surface area contributed by atoms with E-state index in [1.165, 1.54) is 30.7 Å². The molecule has 0 bridgehead atoms. The van der Waals surface area contributed by atoms with E-state index in [0.29, 0.717) is 11.3 Å². The summed E-state index contributed by atoms with van der Waals surface area (Å²) in [5.74, 6) is -0.178. The number of alkyl halides is 2. The molecule has 1 aromatic carbocycles. The summed E-state index contributed by atoms with van der Waals surface area (Å²) in [6.07, 6.45) is 0.789. The van der Waals surface area contributed by atoms with Crippen LogP contribution in [0.1, 0.15) is 0 Å². The molecule has 0 saturated carbocycles. The number of nitrogens with zero attached hydrogens (tertiary/aromatic N) is 2. The zero-order valence-corrected chi connectivity index (χ0v) is 9.49. The van der Waals surface area contributed by atoms with Crippen molar-refractivity contribution >= 4 is 11.6 Å². The van der Waals surface area contributed by atoms with Crippen molar-refractivity contribution in [2.45, 2.75) is 6.29 Å². The van der Waals surface area contributed by atoms with Crippen LogP contribution in [0.4, 0.5) is 8.78 Å². The fourth-order valence-corrected chi connectivity index (χ4v) is 1.86. The van der Waals surface area contributed by atoms with Crippen molar-refractivity contribution in [1.82, 2.24) is 9.97 Å². The summed E-state index contributed by atoms with van der Waals surface area (Å²) in [4.78, 5) is 7.92. The minimum absolute atomic E-state index is 0.0787. The second kappa shape index (κ2) is 3.78. The predicted molar refractivity (Wildman–Crippen MR) is 58.7 cm³/mol. The quantitative estimate of drug-likeness (QED) is 0.799. The molecular weight excluding hydrogens is 266 g/mol. The Bertz CT molecular complexity index is 607. The van der Waals surface area contributed by atoms with Crippen LogP contribution < -0.4 is 9.47 Å². The molecule has 1 aromatic heterocycles. The highest BCUT2D eigenvalue weighted by atomic mass is 35.5. The average molecular weight is 271 g/mol. The van der Waals surface area contributed by atoms with Gasteiger partial charge in [0.2, 0.25) is 0 Å². The summed E-state index contributed by atoms with van der Waals surface area (Å²) in [6, 6.07) is 2.62. The standard InChI is InChI=1S/C11H5ClF2N2O2/c12-7-4-10-9(17-11(13,14)18-10)3-6(7)8-5-15-1-2-16-8/h1-5H. The lowest BCUT2D eigenvalue weighted by Crippen LogP contribution is -2.25. The first-order valence-electron chi connectivity index (χ1n) is 4.91. The van der Waals surface area contributed by atoms with Crippen molar-refractivity contribution in [3.05, 3.63) is 35.7 Å². The van der Waals surface area contributed by atoms with Crippen LogP contribution in [0.3, 0.4) is 0 Å². The summed E-state index contributed by atoms with van der Waals surface area (Å²) >= 11 is 5.99. The maximum Gasteiger partial charge on any atom is 0.586 e. The third kappa shape index (κ3) is 1.84. The zero-order valence-electron chi connectivity index (χ0n) is 8.73. The third-order valence-corrected chi connectivity index (χ3v) is 2.64. The molecule has 2 aromatic rings. The van der Waals surface area contributed by atoms with Crippen LogP contribution in [0.15, 0.2) is 30.7 Å². The molecule has 3 rings (SSSR count). The number of hydrogen-bond donors (Lipinski definition) is 0. The molecule has 0 spiro atoms. The molecule has 92 valence electrons. The highest BCUT2D eigenvalue weighted by Gasteiger charge is 2.43. The second-order valence-corrected chi connectivity index (χ2v) is 3.94. The van der Waals surface area contributed by atoms with E-state index in [1.807, 2.05) is 0 Å². The Morgan fingerprint density at radius 3 is 2.50 bits per heavy atom. The lowest BCUT2D eigenvalue weighted by atomic mass is 10.1. The van der Waals surface area contributed by atoms with Gasteiger partial charge in [-0.25, -0.2) is 0 Å². The van der Waals surface area contributed by atoms with Crippen molar-refractivity contribution < 1.29 is 18.3 Å². The molecule has 0 saturated heterocycles. The number of hydrogen-bond acceptors (Lipinski definition) is 4. The van der Waals surface area contributed by atoms with Crippen LogP contribution in [0.5, 0.6) is 11.5 Å². The van der Waals surface area contributed by atoms with Crippen LogP contribution in [-0.2, 0) is 0 Å². The Morgan fingerprint density at radius 1 is 1.11 bits per heavy atom. The average Bonchev–Trinajstić information content (AvgIpc) is 2.62. The van der Waals surface area contributed by atoms with Crippen LogP contribution in [0.2, 0.25) is 5.02 Å². The van der Waals surface area contributed by atoms with Gasteiger partial charge < -0.3 is 9.47 Å². The summed E-state index contributed by atoms with van der Waals surface area (Å²) in [5.41, 5.74) is 0.911. The predicted octanol–water partition coefficient (Wildman–Crippen LogP) is 3.12. The van der Waals surface area contributed by atoms with E-state index < -0.39 is 6.29 Å². The van der Waals surface area contributed by atoms with Gasteiger partial charge in [0, 0.05) is 24.0 Å². The molecule has 0 aliphatic carbocycles. The molecule has 1 aliphatic heterocycles. The largest absolute Gasteiger partial charge is 0.586 e. The van der Waals surface area contributed by atoms with Crippen LogP contribution >= 0.6 is 11.6 Å². The molecule has 2 heterocycles. The first-order valence-corrected chi connectivity index (χ1v) is 5.29. The maximum absolute atomic E-state index is 12.9. The van der Waals surface area contributed by atoms with Gasteiger partial charge in [-0.15, -0.1) is 8.78 Å². The molecule has 1 aliphatic rings. The minimum atomic E-state index is -3.66. The van der Waals surface area contributed by atoms with Gasteiger partial charge in [0.05, 0.1) is 16.9 Å². The summed E-state index contributed by atoms with van der Waals surface area (Å²) < 4.78 is 34.4. The van der Waals surface area contributed by atoms with Crippen LogP contribution in [0.25, 0.3) is 11.3 Å². The van der Waals surface area contributed by atoms with Gasteiger partial charge in [-0.2, -0.15) is 0 Å². The van der Waals surface area contributed by atoms with Gasteiger partial charge in [-0.1, -0.05) is 11.6 Å². The topological polar surface area (TPSA) is 44.2 Å². The highest BCUT2D eigenvalue weighted by Crippen LogP contribution is 2.45. The van der Waals surface area contributed by atoms with Gasteiger partial charge >= 0.3 is 6.29 Å². The van der Waals surface area contributed by atoms with E-state index >= 15 is 0 Å². The molecule has 0 amide bonds. The molecule has 0 radical (unpaired) electrons. The van der Waals surface area contributed by atoms with Crippen molar-refractivity contribution in [2.24, 2.45) is 0 Å². The van der Waals surface area contributed by atoms with Crippen LogP contribution in [-0.4, -0.2) is 16.3 Å². The molecule has 7 heteroatoms. The molecule has 4 nitrogen and oxygen atoms in total. The molecule has 0 atom stereocenters. The van der Waals surface area contributed by atoms with E-state index in [2.05, 4.69) is 19.4 Å². The van der Waals surface area contributed by atoms with Gasteiger partial charge in [0.15, 0.2) is 11.5 Å². The molecular formula is C11H5ClF2N2O2. The van der Waals surface area contributed by atoms with Crippen LogP contribution in [0, 0.1) is 0 Å². The van der Waals surface area contributed by atoms with E-state index in [-0.39, 0.29) is 16.5 Å². The fraction of sp³-hybridized carbons (Fsp3) is 0.0909. The maximum atomic E-state index is 12.9. The van der Waals surface area contributed by atoms with Gasteiger partial charge in [0.25, 0.3) is 0 Å². The number of benzene rings is 1. The Labute approximate surface area is 105 Å². The highest BCUT2D eigenvalue weighted by molar-refractivity contribution is 6.33. The number of aromatic nitrogens is 2. The molecule has 0 unspecified atom stereocenters. The van der Waals surface area contributed by atoms with Gasteiger partial charge in [0.1, 0.15) is 0 Å². The number of halogens is 3.